The minimum atomic E-state index is -0.220. The summed E-state index contributed by atoms with van der Waals surface area (Å²) < 4.78 is 5.81. The molecule has 0 spiro atoms. The quantitative estimate of drug-likeness (QED) is 0.611. The smallest absolute Gasteiger partial charge is 0.338 e. The molecule has 2 aromatic carbocycles. The van der Waals surface area contributed by atoms with Crippen LogP contribution in [-0.4, -0.2) is 29.9 Å². The van der Waals surface area contributed by atoms with Crippen molar-refractivity contribution in [1.29, 1.82) is 5.26 Å². The van der Waals surface area contributed by atoms with E-state index in [4.69, 9.17) is 10.00 Å². The average Bonchev–Trinajstić information content (AvgIpc) is 3.13. The zero-order valence-electron chi connectivity index (χ0n) is 16.7. The molecule has 6 heteroatoms. The summed E-state index contributed by atoms with van der Waals surface area (Å²) in [5.41, 5.74) is 4.44. The number of likely N-dealkylation sites (tertiary alicyclic amines) is 1. The first-order valence-electron chi connectivity index (χ1n) is 10.3. The molecule has 0 unspecified atom stereocenters. The summed E-state index contributed by atoms with van der Waals surface area (Å²) in [7, 11) is 0. The van der Waals surface area contributed by atoms with Crippen molar-refractivity contribution in [3.8, 4) is 6.07 Å². The van der Waals surface area contributed by atoms with E-state index in [1.807, 2.05) is 29.2 Å². The molecule has 1 fully saturated rings. The second-order valence-electron chi connectivity index (χ2n) is 8.03. The van der Waals surface area contributed by atoms with Crippen molar-refractivity contribution in [3.05, 3.63) is 68.7 Å². The average molecular weight is 467 g/mol. The highest BCUT2D eigenvalue weighted by molar-refractivity contribution is 9.10. The van der Waals surface area contributed by atoms with Crippen LogP contribution in [0.2, 0.25) is 0 Å². The first kappa shape index (κ1) is 20.6. The third kappa shape index (κ3) is 4.57. The van der Waals surface area contributed by atoms with Gasteiger partial charge in [0, 0.05) is 23.1 Å². The van der Waals surface area contributed by atoms with Crippen LogP contribution < -0.4 is 0 Å². The van der Waals surface area contributed by atoms with Gasteiger partial charge in [0.05, 0.1) is 17.5 Å². The predicted octanol–water partition coefficient (Wildman–Crippen LogP) is 4.41. The van der Waals surface area contributed by atoms with Gasteiger partial charge in [-0.3, -0.25) is 4.79 Å². The van der Waals surface area contributed by atoms with Crippen LogP contribution in [0.4, 0.5) is 0 Å². The molecule has 2 aliphatic rings. The van der Waals surface area contributed by atoms with Gasteiger partial charge >= 0.3 is 5.97 Å². The highest BCUT2D eigenvalue weighted by Crippen LogP contribution is 2.26. The molecule has 0 aliphatic carbocycles. The lowest BCUT2D eigenvalue weighted by Crippen LogP contribution is -2.39. The minimum Gasteiger partial charge on any atom is -0.457 e. The number of carbonyl (C=O) groups is 2. The van der Waals surface area contributed by atoms with Crippen molar-refractivity contribution in [2.75, 3.05) is 13.1 Å². The van der Waals surface area contributed by atoms with Crippen molar-refractivity contribution in [3.63, 3.8) is 0 Å². The molecule has 0 saturated carbocycles. The Morgan fingerprint density at radius 2 is 1.93 bits per heavy atom. The first-order chi connectivity index (χ1) is 14.5. The fourth-order valence-electron chi connectivity index (χ4n) is 4.23. The molecule has 2 heterocycles. The molecule has 4 rings (SSSR count). The third-order valence-electron chi connectivity index (χ3n) is 6.07. The Bertz CT molecular complexity index is 1020. The normalized spacial score (nSPS) is 16.1. The van der Waals surface area contributed by atoms with E-state index in [0.717, 1.165) is 54.4 Å². The summed E-state index contributed by atoms with van der Waals surface area (Å²) in [5, 5.41) is 9.01. The van der Waals surface area contributed by atoms with Gasteiger partial charge in [-0.2, -0.15) is 5.26 Å². The third-order valence-corrected chi connectivity index (χ3v) is 6.72. The second-order valence-corrected chi connectivity index (χ2v) is 8.89. The number of esters is 1. The standard InChI is InChI=1S/C24H23BrN2O3/c25-22-12-18(3-5-19(22)14-26)13-23(28)27-9-7-16(8-10-27)1-2-17-4-6-21-20(11-17)15-30-24(21)29/h3-6,11-12,16H,1-2,7-10,13,15H2. The van der Waals surface area contributed by atoms with Gasteiger partial charge in [0.15, 0.2) is 0 Å². The van der Waals surface area contributed by atoms with Crippen LogP contribution in [0, 0.1) is 17.2 Å². The summed E-state index contributed by atoms with van der Waals surface area (Å²) in [5.74, 6) is 0.541. The molecule has 2 aliphatic heterocycles. The predicted molar refractivity (Wildman–Crippen MR) is 116 cm³/mol. The van der Waals surface area contributed by atoms with Crippen LogP contribution in [0.3, 0.4) is 0 Å². The molecule has 154 valence electrons. The fraction of sp³-hybridized carbons (Fsp3) is 0.375. The Morgan fingerprint density at radius 3 is 2.67 bits per heavy atom. The van der Waals surface area contributed by atoms with E-state index in [0.29, 0.717) is 30.1 Å². The fourth-order valence-corrected chi connectivity index (χ4v) is 4.74. The lowest BCUT2D eigenvalue weighted by molar-refractivity contribution is -0.131. The molecule has 2 aromatic rings. The number of benzene rings is 2. The van der Waals surface area contributed by atoms with Gasteiger partial charge in [-0.15, -0.1) is 0 Å². The number of fused-ring (bicyclic) bond motifs is 1. The topological polar surface area (TPSA) is 70.4 Å². The van der Waals surface area contributed by atoms with Crippen LogP contribution in [0.25, 0.3) is 0 Å². The van der Waals surface area contributed by atoms with Crippen LogP contribution in [0.15, 0.2) is 40.9 Å². The van der Waals surface area contributed by atoms with E-state index in [2.05, 4.69) is 28.1 Å². The van der Waals surface area contributed by atoms with Crippen molar-refractivity contribution in [2.45, 2.75) is 38.7 Å². The van der Waals surface area contributed by atoms with Gasteiger partial charge in [0.1, 0.15) is 12.7 Å². The number of cyclic esters (lactones) is 1. The SMILES string of the molecule is N#Cc1ccc(CC(=O)N2CCC(CCc3ccc4c(c3)COC4=O)CC2)cc1Br. The van der Waals surface area contributed by atoms with E-state index in [1.54, 1.807) is 6.07 Å². The zero-order chi connectivity index (χ0) is 21.1. The number of ether oxygens (including phenoxy) is 1. The van der Waals surface area contributed by atoms with Gasteiger partial charge in [-0.25, -0.2) is 4.79 Å². The maximum atomic E-state index is 12.7. The van der Waals surface area contributed by atoms with Crippen molar-refractivity contribution < 1.29 is 14.3 Å². The Morgan fingerprint density at radius 1 is 1.17 bits per heavy atom. The van der Waals surface area contributed by atoms with Crippen molar-refractivity contribution in [2.24, 2.45) is 5.92 Å². The summed E-state index contributed by atoms with van der Waals surface area (Å²) in [6, 6.07) is 13.6. The van der Waals surface area contributed by atoms with Crippen molar-refractivity contribution >= 4 is 27.8 Å². The number of rotatable bonds is 5. The molecule has 5 nitrogen and oxygen atoms in total. The maximum absolute atomic E-state index is 12.7. The van der Waals surface area contributed by atoms with Crippen LogP contribution in [-0.2, 0) is 29.0 Å². The molecule has 0 N–H and O–H groups in total. The highest BCUT2D eigenvalue weighted by atomic mass is 79.9. The number of hydrogen-bond donors (Lipinski definition) is 0. The largest absolute Gasteiger partial charge is 0.457 e. The number of halogens is 1. The highest BCUT2D eigenvalue weighted by Gasteiger charge is 2.24. The lowest BCUT2D eigenvalue weighted by atomic mass is 9.90. The molecule has 0 atom stereocenters. The Hall–Kier alpha value is -2.65. The Labute approximate surface area is 184 Å². The van der Waals surface area contributed by atoms with E-state index in [9.17, 15) is 9.59 Å². The van der Waals surface area contributed by atoms with Crippen LogP contribution >= 0.6 is 15.9 Å². The molecular weight excluding hydrogens is 444 g/mol. The molecule has 0 bridgehead atoms. The number of nitriles is 1. The summed E-state index contributed by atoms with van der Waals surface area (Å²) in [6.45, 7) is 1.99. The number of amides is 1. The van der Waals surface area contributed by atoms with Gasteiger partial charge < -0.3 is 9.64 Å². The number of nitrogens with zero attached hydrogens (tertiary/aromatic N) is 2. The first-order valence-corrected chi connectivity index (χ1v) is 11.1. The van der Waals surface area contributed by atoms with Gasteiger partial charge in [0.25, 0.3) is 0 Å². The summed E-state index contributed by atoms with van der Waals surface area (Å²) in [6.07, 6.45) is 4.49. The molecular formula is C24H23BrN2O3. The Balaban J connectivity index is 1.25. The molecule has 1 saturated heterocycles. The number of hydrogen-bond acceptors (Lipinski definition) is 4. The van der Waals surface area contributed by atoms with Gasteiger partial charge in [-0.1, -0.05) is 18.2 Å². The molecule has 0 radical (unpaired) electrons. The van der Waals surface area contributed by atoms with E-state index < -0.39 is 0 Å². The number of carbonyl (C=O) groups excluding carboxylic acids is 2. The second kappa shape index (κ2) is 9.01. The summed E-state index contributed by atoms with van der Waals surface area (Å²) in [4.78, 5) is 26.2. The summed E-state index contributed by atoms with van der Waals surface area (Å²) >= 11 is 3.39. The monoisotopic (exact) mass is 466 g/mol. The zero-order valence-corrected chi connectivity index (χ0v) is 18.3. The van der Waals surface area contributed by atoms with Crippen molar-refractivity contribution in [1.82, 2.24) is 4.90 Å². The minimum absolute atomic E-state index is 0.147. The van der Waals surface area contributed by atoms with E-state index in [1.165, 1.54) is 5.56 Å². The number of piperidine rings is 1. The van der Waals surface area contributed by atoms with E-state index >= 15 is 0 Å². The molecule has 1 amide bonds. The number of aryl methyl sites for hydroxylation is 1. The van der Waals surface area contributed by atoms with Crippen LogP contribution in [0.1, 0.15) is 51.9 Å². The molecule has 0 aromatic heterocycles. The maximum Gasteiger partial charge on any atom is 0.338 e. The Kier molecular flexibility index (Phi) is 6.19. The van der Waals surface area contributed by atoms with E-state index in [-0.39, 0.29) is 11.9 Å². The lowest BCUT2D eigenvalue weighted by Gasteiger charge is -2.32. The molecule has 30 heavy (non-hydrogen) atoms. The van der Waals surface area contributed by atoms with Gasteiger partial charge in [0.2, 0.25) is 5.91 Å². The van der Waals surface area contributed by atoms with Gasteiger partial charge in [-0.05, 0) is 76.9 Å². The van der Waals surface area contributed by atoms with Crippen LogP contribution in [0.5, 0.6) is 0 Å².